The molecule has 1 aliphatic heterocycles. The molecule has 2 unspecified atom stereocenters. The second-order valence-corrected chi connectivity index (χ2v) is 8.61. The molecular weight excluding hydrogens is 459 g/mol. The minimum atomic E-state index is 0. The maximum atomic E-state index is 5.53. The van der Waals surface area contributed by atoms with E-state index in [2.05, 4.69) is 65.4 Å². The van der Waals surface area contributed by atoms with E-state index in [1.165, 1.54) is 24.2 Å². The van der Waals surface area contributed by atoms with E-state index in [1.54, 1.807) is 7.11 Å². The van der Waals surface area contributed by atoms with Crippen molar-refractivity contribution in [3.63, 3.8) is 0 Å². The van der Waals surface area contributed by atoms with Crippen molar-refractivity contribution in [2.24, 2.45) is 4.99 Å². The molecule has 1 saturated heterocycles. The Morgan fingerprint density at radius 2 is 2.08 bits per heavy atom. The van der Waals surface area contributed by atoms with Gasteiger partial charge in [-0.15, -0.1) is 24.0 Å². The maximum Gasteiger partial charge on any atom is 0.191 e. The molecule has 1 heterocycles. The summed E-state index contributed by atoms with van der Waals surface area (Å²) in [6, 6.07) is 8.39. The molecule has 2 rings (SSSR count). The van der Waals surface area contributed by atoms with Gasteiger partial charge in [0, 0.05) is 30.4 Å². The van der Waals surface area contributed by atoms with Gasteiger partial charge in [0.25, 0.3) is 0 Å². The summed E-state index contributed by atoms with van der Waals surface area (Å²) in [5.74, 6) is 3.04. The Labute approximate surface area is 179 Å². The molecule has 148 valence electrons. The average Bonchev–Trinajstić information content (AvgIpc) is 3.04. The molecule has 0 radical (unpaired) electrons. The number of benzene rings is 1. The number of para-hydroxylation sites is 1. The molecule has 1 aromatic carbocycles. The Morgan fingerprint density at radius 3 is 2.65 bits per heavy atom. The quantitative estimate of drug-likeness (QED) is 0.347. The molecule has 0 spiro atoms. The molecule has 26 heavy (non-hydrogen) atoms. The van der Waals surface area contributed by atoms with Crippen molar-refractivity contribution in [1.29, 1.82) is 0 Å². The van der Waals surface area contributed by atoms with Crippen LogP contribution in [0.2, 0.25) is 0 Å². The van der Waals surface area contributed by atoms with Gasteiger partial charge in [-0.1, -0.05) is 18.2 Å². The molecule has 0 amide bonds. The Balaban J connectivity index is 0.00000338. The largest absolute Gasteiger partial charge is 0.496 e. The lowest BCUT2D eigenvalue weighted by Crippen LogP contribution is -2.45. The van der Waals surface area contributed by atoms with Gasteiger partial charge in [-0.3, -0.25) is 4.99 Å². The number of ether oxygens (including phenoxy) is 1. The van der Waals surface area contributed by atoms with Gasteiger partial charge >= 0.3 is 0 Å². The van der Waals surface area contributed by atoms with E-state index >= 15 is 0 Å². The number of hydrogen-bond donors (Lipinski definition) is 2. The average molecular weight is 492 g/mol. The highest BCUT2D eigenvalue weighted by Gasteiger charge is 2.29. The van der Waals surface area contributed by atoms with Crippen LogP contribution in [0.3, 0.4) is 0 Å². The lowest BCUT2D eigenvalue weighted by Gasteiger charge is -2.28. The van der Waals surface area contributed by atoms with Gasteiger partial charge in [-0.05, 0) is 45.7 Å². The van der Waals surface area contributed by atoms with Gasteiger partial charge in [0.2, 0.25) is 0 Å². The van der Waals surface area contributed by atoms with Crippen LogP contribution in [-0.2, 0) is 0 Å². The van der Waals surface area contributed by atoms with Crippen LogP contribution in [0.5, 0.6) is 5.75 Å². The molecule has 1 fully saturated rings. The standard InChI is InChI=1S/C19H32N4OS.HI/c1-19(11-8-12-25-19)14-22-18(20-2)21-13-16(23(3)4)15-9-6-7-10-17(15)24-5;/h6-7,9-10,16H,8,11-14H2,1-5H3,(H2,20,21,22);1H. The predicted octanol–water partition coefficient (Wildman–Crippen LogP) is 3.37. The first-order chi connectivity index (χ1) is 12.0. The van der Waals surface area contributed by atoms with Crippen molar-refractivity contribution >= 4 is 41.7 Å². The number of likely N-dealkylation sites (N-methyl/N-ethyl adjacent to an activating group) is 1. The molecule has 1 aliphatic rings. The van der Waals surface area contributed by atoms with Crippen LogP contribution in [-0.4, -0.2) is 62.7 Å². The molecule has 0 bridgehead atoms. The van der Waals surface area contributed by atoms with Gasteiger partial charge in [-0.2, -0.15) is 11.8 Å². The van der Waals surface area contributed by atoms with Crippen molar-refractivity contribution in [3.8, 4) is 5.75 Å². The Bertz CT molecular complexity index is 576. The van der Waals surface area contributed by atoms with Crippen LogP contribution in [0.4, 0.5) is 0 Å². The van der Waals surface area contributed by atoms with Gasteiger partial charge in [-0.25, -0.2) is 0 Å². The smallest absolute Gasteiger partial charge is 0.191 e. The first kappa shape index (κ1) is 23.4. The van der Waals surface area contributed by atoms with Crippen LogP contribution >= 0.6 is 35.7 Å². The number of aliphatic imine (C=N–C) groups is 1. The Hall–Kier alpha value is -0.670. The summed E-state index contributed by atoms with van der Waals surface area (Å²) in [6.07, 6.45) is 2.58. The van der Waals surface area contributed by atoms with Crippen molar-refractivity contribution in [2.75, 3.05) is 47.1 Å². The fourth-order valence-corrected chi connectivity index (χ4v) is 4.42. The summed E-state index contributed by atoms with van der Waals surface area (Å²) in [4.78, 5) is 6.58. The van der Waals surface area contributed by atoms with E-state index in [0.717, 1.165) is 24.8 Å². The zero-order valence-corrected chi connectivity index (χ0v) is 19.7. The molecule has 0 aliphatic carbocycles. The Morgan fingerprint density at radius 1 is 1.35 bits per heavy atom. The predicted molar refractivity (Wildman–Crippen MR) is 124 cm³/mol. The van der Waals surface area contributed by atoms with E-state index in [9.17, 15) is 0 Å². The zero-order valence-electron chi connectivity index (χ0n) is 16.5. The van der Waals surface area contributed by atoms with Crippen LogP contribution < -0.4 is 15.4 Å². The van der Waals surface area contributed by atoms with Crippen LogP contribution in [0.15, 0.2) is 29.3 Å². The topological polar surface area (TPSA) is 48.9 Å². The van der Waals surface area contributed by atoms with E-state index < -0.39 is 0 Å². The van der Waals surface area contributed by atoms with Gasteiger partial charge < -0.3 is 20.3 Å². The van der Waals surface area contributed by atoms with Crippen molar-refractivity contribution in [2.45, 2.75) is 30.6 Å². The van der Waals surface area contributed by atoms with Crippen LogP contribution in [0.25, 0.3) is 0 Å². The third-order valence-electron chi connectivity index (χ3n) is 4.74. The third kappa shape index (κ3) is 6.49. The maximum absolute atomic E-state index is 5.53. The minimum absolute atomic E-state index is 0. The highest BCUT2D eigenvalue weighted by atomic mass is 127. The molecule has 0 aromatic heterocycles. The number of hydrogen-bond acceptors (Lipinski definition) is 4. The first-order valence-electron chi connectivity index (χ1n) is 8.87. The normalized spacial score (nSPS) is 21.2. The fraction of sp³-hybridized carbons (Fsp3) is 0.632. The highest BCUT2D eigenvalue weighted by Crippen LogP contribution is 2.36. The van der Waals surface area contributed by atoms with E-state index in [-0.39, 0.29) is 30.0 Å². The molecule has 7 heteroatoms. The number of guanidine groups is 1. The molecule has 2 atom stereocenters. The molecular formula is C19H33IN4OS. The summed E-state index contributed by atoms with van der Waals surface area (Å²) in [5.41, 5.74) is 1.18. The fourth-order valence-electron chi connectivity index (χ4n) is 3.17. The minimum Gasteiger partial charge on any atom is -0.496 e. The van der Waals surface area contributed by atoms with Crippen LogP contribution in [0.1, 0.15) is 31.4 Å². The summed E-state index contributed by atoms with van der Waals surface area (Å²) in [5, 5.41) is 6.97. The Kier molecular flexibility index (Phi) is 10.1. The molecule has 5 nitrogen and oxygen atoms in total. The molecule has 1 aromatic rings. The number of methoxy groups -OCH3 is 1. The zero-order chi connectivity index (χ0) is 18.3. The van der Waals surface area contributed by atoms with Crippen LogP contribution in [0, 0.1) is 0 Å². The number of nitrogens with zero attached hydrogens (tertiary/aromatic N) is 2. The first-order valence-corrected chi connectivity index (χ1v) is 9.85. The molecule has 2 N–H and O–H groups in total. The van der Waals surface area contributed by atoms with E-state index in [0.29, 0.717) is 4.75 Å². The van der Waals surface area contributed by atoms with E-state index in [1.807, 2.05) is 19.2 Å². The number of rotatable bonds is 7. The second kappa shape index (κ2) is 11.2. The summed E-state index contributed by atoms with van der Waals surface area (Å²) in [6.45, 7) is 4.04. The summed E-state index contributed by atoms with van der Waals surface area (Å²) >= 11 is 2.06. The third-order valence-corrected chi connectivity index (χ3v) is 6.28. The summed E-state index contributed by atoms with van der Waals surface area (Å²) in [7, 11) is 7.73. The number of thioether (sulfide) groups is 1. The van der Waals surface area contributed by atoms with Gasteiger partial charge in [0.15, 0.2) is 5.96 Å². The lowest BCUT2D eigenvalue weighted by molar-refractivity contribution is 0.287. The number of halogens is 1. The lowest BCUT2D eigenvalue weighted by atomic mass is 10.0. The second-order valence-electron chi connectivity index (χ2n) is 6.93. The SMILES string of the molecule is CN=C(NCC(c1ccccc1OC)N(C)C)NCC1(C)CCCS1.I. The molecule has 0 saturated carbocycles. The van der Waals surface area contributed by atoms with Gasteiger partial charge in [0.1, 0.15) is 5.75 Å². The summed E-state index contributed by atoms with van der Waals surface area (Å²) < 4.78 is 5.86. The van der Waals surface area contributed by atoms with E-state index in [4.69, 9.17) is 4.74 Å². The monoisotopic (exact) mass is 492 g/mol. The highest BCUT2D eigenvalue weighted by molar-refractivity contribution is 14.0. The van der Waals surface area contributed by atoms with Crippen molar-refractivity contribution in [1.82, 2.24) is 15.5 Å². The van der Waals surface area contributed by atoms with Crippen molar-refractivity contribution < 1.29 is 4.74 Å². The number of nitrogens with one attached hydrogen (secondary N) is 2. The van der Waals surface area contributed by atoms with Gasteiger partial charge in [0.05, 0.1) is 13.2 Å². The van der Waals surface area contributed by atoms with Crippen molar-refractivity contribution in [3.05, 3.63) is 29.8 Å².